The minimum absolute atomic E-state index is 0.249. The number of hydrogen-bond acceptors (Lipinski definition) is 6. The fraction of sp³-hybridized carbons (Fsp3) is 0.227. The van der Waals surface area contributed by atoms with Crippen molar-refractivity contribution in [2.75, 3.05) is 14.2 Å². The molecule has 29 heavy (non-hydrogen) atoms. The van der Waals surface area contributed by atoms with Crippen LogP contribution in [0.3, 0.4) is 0 Å². The van der Waals surface area contributed by atoms with E-state index in [-0.39, 0.29) is 25.4 Å². The topological polar surface area (TPSA) is 112 Å². The molecule has 0 aliphatic heterocycles. The number of hydrogen-bond donors (Lipinski definition) is 4. The van der Waals surface area contributed by atoms with Crippen LogP contribution in [-0.2, 0) is 19.8 Å². The van der Waals surface area contributed by atoms with Gasteiger partial charge >= 0.3 is 0 Å². The van der Waals surface area contributed by atoms with E-state index < -0.39 is 0 Å². The first-order valence-electron chi connectivity index (χ1n) is 9.08. The van der Waals surface area contributed by atoms with Crippen LogP contribution in [0.5, 0.6) is 11.5 Å². The summed E-state index contributed by atoms with van der Waals surface area (Å²) in [5.74, 6) is 0.895. The number of aromatic nitrogens is 1. The molecule has 3 aromatic carbocycles. The molecule has 7 nitrogen and oxygen atoms in total. The molecule has 1 heterocycles. The molecule has 0 aliphatic rings. The monoisotopic (exact) mass is 395 g/mol. The standard InChI is InChI=1S/C22H21NO6/c1-28-18-6-15-13(5-11(18)8-24)20-14(12-3-4-23-22(27)21(12)15)7-19(29-2)16(9-25)17(20)10-26/h3-7,24-26H,8-10H2,1-2H3,(H,23,27). The van der Waals surface area contributed by atoms with Crippen molar-refractivity contribution in [2.24, 2.45) is 0 Å². The molecule has 4 N–H and O–H groups in total. The Morgan fingerprint density at radius 3 is 2.03 bits per heavy atom. The van der Waals surface area contributed by atoms with Crippen LogP contribution in [0.1, 0.15) is 16.7 Å². The van der Waals surface area contributed by atoms with Crippen LogP contribution < -0.4 is 15.0 Å². The third kappa shape index (κ3) is 2.74. The third-order valence-electron chi connectivity index (χ3n) is 5.42. The molecule has 0 saturated heterocycles. The van der Waals surface area contributed by atoms with E-state index in [0.717, 1.165) is 0 Å². The van der Waals surface area contributed by atoms with Crippen LogP contribution in [0.4, 0.5) is 0 Å². The number of pyridine rings is 1. The summed E-state index contributed by atoms with van der Waals surface area (Å²) in [6.07, 6.45) is 1.57. The number of nitrogens with one attached hydrogen (secondary N) is 1. The number of fused-ring (bicyclic) bond motifs is 6. The molecule has 0 fully saturated rings. The molecule has 0 bridgehead atoms. The molecule has 0 spiro atoms. The van der Waals surface area contributed by atoms with E-state index in [1.165, 1.54) is 14.2 Å². The summed E-state index contributed by atoms with van der Waals surface area (Å²) in [6.45, 7) is -0.887. The van der Waals surface area contributed by atoms with Crippen LogP contribution in [0.25, 0.3) is 32.3 Å². The summed E-state index contributed by atoms with van der Waals surface area (Å²) in [6, 6.07) is 7.05. The number of aliphatic hydroxyl groups excluding tert-OH is 3. The lowest BCUT2D eigenvalue weighted by molar-refractivity contribution is 0.255. The lowest BCUT2D eigenvalue weighted by Gasteiger charge is -2.19. The zero-order valence-corrected chi connectivity index (χ0v) is 16.1. The molecular formula is C22H21NO6. The van der Waals surface area contributed by atoms with Gasteiger partial charge in [-0.15, -0.1) is 0 Å². The predicted octanol–water partition coefficient (Wildman–Crippen LogP) is 2.33. The molecule has 0 unspecified atom stereocenters. The van der Waals surface area contributed by atoms with E-state index in [9.17, 15) is 20.1 Å². The molecule has 150 valence electrons. The summed E-state index contributed by atoms with van der Waals surface area (Å²) >= 11 is 0. The number of H-pyrrole nitrogens is 1. The molecule has 0 atom stereocenters. The molecular weight excluding hydrogens is 374 g/mol. The summed E-state index contributed by atoms with van der Waals surface area (Å²) < 4.78 is 10.8. The number of aliphatic hydroxyl groups is 3. The van der Waals surface area contributed by atoms with Gasteiger partial charge in [0.05, 0.1) is 39.4 Å². The van der Waals surface area contributed by atoms with Crippen LogP contribution >= 0.6 is 0 Å². The Morgan fingerprint density at radius 1 is 0.793 bits per heavy atom. The summed E-state index contributed by atoms with van der Waals surface area (Å²) in [5, 5.41) is 33.8. The molecule has 7 heteroatoms. The minimum Gasteiger partial charge on any atom is -0.496 e. The van der Waals surface area contributed by atoms with Crippen LogP contribution in [-0.4, -0.2) is 34.5 Å². The van der Waals surface area contributed by atoms with Gasteiger partial charge in [-0.25, -0.2) is 0 Å². The van der Waals surface area contributed by atoms with E-state index in [1.807, 2.05) is 0 Å². The van der Waals surface area contributed by atoms with E-state index >= 15 is 0 Å². The zero-order chi connectivity index (χ0) is 20.7. The van der Waals surface area contributed by atoms with Crippen molar-refractivity contribution in [1.82, 2.24) is 4.98 Å². The highest BCUT2D eigenvalue weighted by Gasteiger charge is 2.20. The Balaban J connectivity index is 2.41. The Bertz CT molecular complexity index is 1310. The lowest BCUT2D eigenvalue weighted by atomic mass is 9.89. The van der Waals surface area contributed by atoms with Crippen molar-refractivity contribution in [1.29, 1.82) is 0 Å². The number of aromatic amines is 1. The highest BCUT2D eigenvalue weighted by atomic mass is 16.5. The molecule has 4 aromatic rings. The van der Waals surface area contributed by atoms with Gasteiger partial charge in [0, 0.05) is 17.3 Å². The molecule has 4 rings (SSSR count). The largest absolute Gasteiger partial charge is 0.496 e. The van der Waals surface area contributed by atoms with Gasteiger partial charge in [-0.05, 0) is 56.8 Å². The molecule has 0 aliphatic carbocycles. The number of ether oxygens (including phenoxy) is 2. The fourth-order valence-electron chi connectivity index (χ4n) is 4.12. The van der Waals surface area contributed by atoms with Crippen LogP contribution in [0, 0.1) is 0 Å². The number of rotatable bonds is 5. The summed E-state index contributed by atoms with van der Waals surface area (Å²) in [5.41, 5.74) is 1.29. The first kappa shape index (κ1) is 19.2. The van der Waals surface area contributed by atoms with E-state index in [0.29, 0.717) is 60.5 Å². The van der Waals surface area contributed by atoms with Gasteiger partial charge in [0.2, 0.25) is 0 Å². The third-order valence-corrected chi connectivity index (χ3v) is 5.42. The van der Waals surface area contributed by atoms with Gasteiger partial charge in [-0.2, -0.15) is 0 Å². The summed E-state index contributed by atoms with van der Waals surface area (Å²) in [7, 11) is 2.99. The first-order valence-corrected chi connectivity index (χ1v) is 9.08. The highest BCUT2D eigenvalue weighted by Crippen LogP contribution is 2.42. The van der Waals surface area contributed by atoms with Gasteiger partial charge in [0.1, 0.15) is 11.5 Å². The van der Waals surface area contributed by atoms with Gasteiger partial charge in [-0.3, -0.25) is 4.79 Å². The normalized spacial score (nSPS) is 11.5. The molecule has 0 amide bonds. The highest BCUT2D eigenvalue weighted by molar-refractivity contribution is 6.26. The predicted molar refractivity (Wildman–Crippen MR) is 110 cm³/mol. The van der Waals surface area contributed by atoms with Gasteiger partial charge in [0.15, 0.2) is 0 Å². The minimum atomic E-state index is -0.326. The smallest absolute Gasteiger partial charge is 0.256 e. The number of benzene rings is 3. The molecule has 0 radical (unpaired) electrons. The average Bonchev–Trinajstić information content (AvgIpc) is 2.76. The second-order valence-corrected chi connectivity index (χ2v) is 6.74. The zero-order valence-electron chi connectivity index (χ0n) is 16.1. The van der Waals surface area contributed by atoms with E-state index in [4.69, 9.17) is 9.47 Å². The van der Waals surface area contributed by atoms with Gasteiger partial charge in [0.25, 0.3) is 5.56 Å². The van der Waals surface area contributed by atoms with Crippen molar-refractivity contribution < 1.29 is 24.8 Å². The first-order chi connectivity index (χ1) is 14.1. The Labute approximate surface area is 165 Å². The second-order valence-electron chi connectivity index (χ2n) is 6.74. The summed E-state index contributed by atoms with van der Waals surface area (Å²) in [4.78, 5) is 15.5. The van der Waals surface area contributed by atoms with E-state index in [2.05, 4.69) is 4.98 Å². The van der Waals surface area contributed by atoms with Crippen molar-refractivity contribution >= 4 is 32.3 Å². The SMILES string of the molecule is COc1cc2c(cc1CO)c1c(CO)c(CO)c(OC)cc1c1cc[nH]c(=O)c12. The lowest BCUT2D eigenvalue weighted by Crippen LogP contribution is -2.07. The van der Waals surface area contributed by atoms with Gasteiger partial charge in [-0.1, -0.05) is 0 Å². The molecule has 1 aromatic heterocycles. The Morgan fingerprint density at radius 2 is 1.41 bits per heavy atom. The van der Waals surface area contributed by atoms with Crippen LogP contribution in [0.2, 0.25) is 0 Å². The molecule has 0 saturated carbocycles. The van der Waals surface area contributed by atoms with Crippen molar-refractivity contribution in [3.05, 3.63) is 57.5 Å². The maximum absolute atomic E-state index is 12.8. The number of methoxy groups -OCH3 is 2. The second kappa shape index (κ2) is 7.36. The fourth-order valence-corrected chi connectivity index (χ4v) is 4.12. The van der Waals surface area contributed by atoms with Gasteiger partial charge < -0.3 is 29.8 Å². The quantitative estimate of drug-likeness (QED) is 0.386. The average molecular weight is 395 g/mol. The Kier molecular flexibility index (Phi) is 4.87. The van der Waals surface area contributed by atoms with Crippen molar-refractivity contribution in [3.8, 4) is 11.5 Å². The van der Waals surface area contributed by atoms with Crippen molar-refractivity contribution in [3.63, 3.8) is 0 Å². The Hall–Kier alpha value is -3.13. The maximum atomic E-state index is 12.8. The van der Waals surface area contributed by atoms with Crippen molar-refractivity contribution in [2.45, 2.75) is 19.8 Å². The maximum Gasteiger partial charge on any atom is 0.256 e. The van der Waals surface area contributed by atoms with Crippen LogP contribution in [0.15, 0.2) is 35.3 Å². The van der Waals surface area contributed by atoms with E-state index in [1.54, 1.807) is 30.5 Å².